The van der Waals surface area contributed by atoms with E-state index in [0.717, 1.165) is 60.6 Å². The molecular formula is C25H34NO4+. The zero-order valence-corrected chi connectivity index (χ0v) is 18.2. The zero-order chi connectivity index (χ0) is 21.1. The van der Waals surface area contributed by atoms with Crippen molar-refractivity contribution in [2.24, 2.45) is 5.92 Å². The Morgan fingerprint density at radius 1 is 1.07 bits per heavy atom. The average molecular weight is 413 g/mol. The van der Waals surface area contributed by atoms with Gasteiger partial charge < -0.3 is 14.0 Å². The molecule has 2 saturated heterocycles. The largest absolute Gasteiger partial charge is 0.462 e. The molecule has 3 atom stereocenters. The number of rotatable bonds is 6. The van der Waals surface area contributed by atoms with Gasteiger partial charge in [0.05, 0.1) is 31.7 Å². The number of carbonyl (C=O) groups is 2. The lowest BCUT2D eigenvalue weighted by molar-refractivity contribution is -0.942. The van der Waals surface area contributed by atoms with Gasteiger partial charge in [0.25, 0.3) is 0 Å². The van der Waals surface area contributed by atoms with Crippen LogP contribution in [0.25, 0.3) is 5.57 Å². The van der Waals surface area contributed by atoms with Crippen molar-refractivity contribution in [3.05, 3.63) is 42.0 Å². The van der Waals surface area contributed by atoms with Crippen molar-refractivity contribution in [3.8, 4) is 0 Å². The number of esters is 2. The molecule has 1 aromatic carbocycles. The fourth-order valence-corrected chi connectivity index (χ4v) is 5.85. The summed E-state index contributed by atoms with van der Waals surface area (Å²) >= 11 is 0. The molecule has 4 rings (SSSR count). The van der Waals surface area contributed by atoms with Crippen LogP contribution in [0.4, 0.5) is 0 Å². The molecule has 0 spiro atoms. The van der Waals surface area contributed by atoms with Gasteiger partial charge in [-0.15, -0.1) is 0 Å². The van der Waals surface area contributed by atoms with E-state index in [2.05, 4.69) is 25.3 Å². The fraction of sp³-hybridized carbons (Fsp3) is 0.600. The predicted octanol–water partition coefficient (Wildman–Crippen LogP) is 4.12. The summed E-state index contributed by atoms with van der Waals surface area (Å²) in [7, 11) is 2.18. The fourth-order valence-electron chi connectivity index (χ4n) is 5.85. The first-order valence-electron chi connectivity index (χ1n) is 11.5. The van der Waals surface area contributed by atoms with Gasteiger partial charge in [-0.05, 0) is 37.3 Å². The highest BCUT2D eigenvalue weighted by Gasteiger charge is 2.53. The maximum Gasteiger partial charge on any atom is 0.361 e. The monoisotopic (exact) mass is 412 g/mol. The Bertz CT molecular complexity index is 789. The first kappa shape index (κ1) is 21.1. The average Bonchev–Trinajstić information content (AvgIpc) is 2.91. The Balaban J connectivity index is 1.41. The summed E-state index contributed by atoms with van der Waals surface area (Å²) in [6, 6.07) is 10.9. The lowest BCUT2D eigenvalue weighted by Gasteiger charge is -2.46. The van der Waals surface area contributed by atoms with Crippen molar-refractivity contribution < 1.29 is 23.5 Å². The van der Waals surface area contributed by atoms with E-state index in [1.54, 1.807) is 0 Å². The molecule has 0 aromatic heterocycles. The van der Waals surface area contributed by atoms with Crippen LogP contribution in [-0.4, -0.2) is 54.8 Å². The molecule has 3 aliphatic rings. The summed E-state index contributed by atoms with van der Waals surface area (Å²) in [5, 5.41) is 0. The van der Waals surface area contributed by atoms with Crippen molar-refractivity contribution in [2.75, 3.05) is 20.2 Å². The molecule has 1 aromatic rings. The van der Waals surface area contributed by atoms with Crippen LogP contribution in [0.15, 0.2) is 36.4 Å². The smallest absolute Gasteiger partial charge is 0.361 e. The topological polar surface area (TPSA) is 52.6 Å². The Morgan fingerprint density at radius 2 is 1.77 bits per heavy atom. The number of likely N-dealkylation sites (N-methyl/N-ethyl adjacent to an activating group) is 1. The van der Waals surface area contributed by atoms with Gasteiger partial charge in [0.2, 0.25) is 0 Å². The van der Waals surface area contributed by atoms with Crippen LogP contribution in [-0.2, 0) is 19.1 Å². The molecule has 1 aliphatic carbocycles. The Kier molecular flexibility index (Phi) is 6.28. The van der Waals surface area contributed by atoms with Crippen LogP contribution >= 0.6 is 0 Å². The molecule has 5 nitrogen and oxygen atoms in total. The summed E-state index contributed by atoms with van der Waals surface area (Å²) < 4.78 is 12.1. The van der Waals surface area contributed by atoms with E-state index >= 15 is 0 Å². The van der Waals surface area contributed by atoms with Crippen molar-refractivity contribution in [2.45, 2.75) is 70.1 Å². The van der Waals surface area contributed by atoms with Gasteiger partial charge in [0, 0.05) is 25.7 Å². The number of ether oxygens (including phenoxy) is 2. The van der Waals surface area contributed by atoms with E-state index in [1.165, 1.54) is 0 Å². The van der Waals surface area contributed by atoms with Crippen molar-refractivity contribution in [3.63, 3.8) is 0 Å². The van der Waals surface area contributed by atoms with Crippen molar-refractivity contribution >= 4 is 17.5 Å². The van der Waals surface area contributed by atoms with Crippen LogP contribution in [0.3, 0.4) is 0 Å². The number of allylic oxidation sites excluding steroid dienone is 1. The van der Waals surface area contributed by atoms with E-state index in [4.69, 9.17) is 9.47 Å². The van der Waals surface area contributed by atoms with E-state index in [-0.39, 0.29) is 24.0 Å². The molecular weight excluding hydrogens is 378 g/mol. The number of nitrogens with zero attached hydrogens (tertiary/aromatic N) is 1. The van der Waals surface area contributed by atoms with Gasteiger partial charge in [-0.25, -0.2) is 4.79 Å². The molecule has 2 aliphatic heterocycles. The van der Waals surface area contributed by atoms with Gasteiger partial charge in [-0.2, -0.15) is 0 Å². The van der Waals surface area contributed by atoms with E-state index < -0.39 is 0 Å². The summed E-state index contributed by atoms with van der Waals surface area (Å²) in [4.78, 5) is 25.3. The van der Waals surface area contributed by atoms with Gasteiger partial charge in [-0.3, -0.25) is 4.79 Å². The Morgan fingerprint density at radius 3 is 2.43 bits per heavy atom. The van der Waals surface area contributed by atoms with Gasteiger partial charge in [0.15, 0.2) is 6.54 Å². The maximum absolute atomic E-state index is 13.2. The van der Waals surface area contributed by atoms with Gasteiger partial charge >= 0.3 is 11.9 Å². The molecule has 2 heterocycles. The molecule has 0 N–H and O–H groups in total. The molecule has 0 radical (unpaired) electrons. The van der Waals surface area contributed by atoms with Crippen LogP contribution in [0.1, 0.15) is 57.4 Å². The normalized spacial score (nSPS) is 32.9. The van der Waals surface area contributed by atoms with Crippen LogP contribution < -0.4 is 0 Å². The van der Waals surface area contributed by atoms with Crippen LogP contribution in [0.2, 0.25) is 0 Å². The Labute approximate surface area is 179 Å². The summed E-state index contributed by atoms with van der Waals surface area (Å²) in [5.41, 5.74) is 2.25. The highest BCUT2D eigenvalue weighted by atomic mass is 16.5. The number of hydrogen-bond donors (Lipinski definition) is 0. The minimum Gasteiger partial charge on any atom is -0.462 e. The van der Waals surface area contributed by atoms with Crippen molar-refractivity contribution in [1.82, 2.24) is 0 Å². The highest BCUT2D eigenvalue weighted by molar-refractivity contribution is 5.89. The highest BCUT2D eigenvalue weighted by Crippen LogP contribution is 2.43. The predicted molar refractivity (Wildman–Crippen MR) is 115 cm³/mol. The van der Waals surface area contributed by atoms with Crippen LogP contribution in [0, 0.1) is 5.92 Å². The third kappa shape index (κ3) is 4.18. The van der Waals surface area contributed by atoms with E-state index in [0.29, 0.717) is 25.2 Å². The molecule has 0 saturated carbocycles. The lowest BCUT2D eigenvalue weighted by Crippen LogP contribution is -2.61. The summed E-state index contributed by atoms with van der Waals surface area (Å²) in [6.07, 6.45) is 8.94. The third-order valence-corrected chi connectivity index (χ3v) is 7.46. The minimum atomic E-state index is -0.166. The maximum atomic E-state index is 13.2. The standard InChI is InChI=1S/C25H34NO4/c1-3-29-24(27)17-26(2)19-13-14-20(26)16-21(15-19)30-25(28)23-12-8-7-11-22(23)18-9-5-4-6-10-18/h4-6,9-11,19-21,23H,3,7-8,12-17H2,1-2H3/q+1. The molecule has 0 amide bonds. The van der Waals surface area contributed by atoms with Crippen molar-refractivity contribution in [1.29, 1.82) is 0 Å². The van der Waals surface area contributed by atoms with E-state index in [1.807, 2.05) is 25.1 Å². The number of fused-ring (bicyclic) bond motifs is 2. The van der Waals surface area contributed by atoms with E-state index in [9.17, 15) is 9.59 Å². The SMILES string of the molecule is CCOC(=O)C[N+]1(C)C2CCC1CC(OC(=O)C1CCCC=C1c1ccccc1)C2. The number of benzene rings is 1. The van der Waals surface area contributed by atoms with Crippen LogP contribution in [0.5, 0.6) is 0 Å². The Hall–Kier alpha value is -2.14. The quantitative estimate of drug-likeness (QED) is 0.521. The second-order valence-electron chi connectivity index (χ2n) is 9.23. The molecule has 5 heteroatoms. The summed E-state index contributed by atoms with van der Waals surface area (Å²) in [5.74, 6) is -0.357. The zero-order valence-electron chi connectivity index (χ0n) is 18.2. The third-order valence-electron chi connectivity index (χ3n) is 7.46. The molecule has 3 unspecified atom stereocenters. The first-order valence-corrected chi connectivity index (χ1v) is 11.5. The number of piperidine rings is 1. The first-order chi connectivity index (χ1) is 14.5. The number of hydrogen-bond acceptors (Lipinski definition) is 4. The molecule has 30 heavy (non-hydrogen) atoms. The number of quaternary nitrogens is 1. The molecule has 2 fully saturated rings. The number of carbonyl (C=O) groups excluding carboxylic acids is 2. The molecule has 2 bridgehead atoms. The second-order valence-corrected chi connectivity index (χ2v) is 9.23. The second kappa shape index (κ2) is 8.93. The van der Waals surface area contributed by atoms with Gasteiger partial charge in [-0.1, -0.05) is 36.4 Å². The summed E-state index contributed by atoms with van der Waals surface area (Å²) in [6.45, 7) is 2.70. The molecule has 162 valence electrons. The minimum absolute atomic E-state index is 0.0395. The van der Waals surface area contributed by atoms with Gasteiger partial charge in [0.1, 0.15) is 6.10 Å². The lowest BCUT2D eigenvalue weighted by atomic mass is 9.83.